The van der Waals surface area contributed by atoms with E-state index in [1.165, 1.54) is 18.2 Å². The van der Waals surface area contributed by atoms with E-state index in [1.807, 2.05) is 0 Å². The van der Waals surface area contributed by atoms with Gasteiger partial charge < -0.3 is 10.2 Å². The molecule has 1 saturated heterocycles. The van der Waals surface area contributed by atoms with Crippen molar-refractivity contribution >= 4 is 23.5 Å². The van der Waals surface area contributed by atoms with Crippen LogP contribution in [-0.4, -0.2) is 29.0 Å². The maximum Gasteiger partial charge on any atom is 0.256 e. The monoisotopic (exact) mass is 334 g/mol. The summed E-state index contributed by atoms with van der Waals surface area (Å²) < 4.78 is 13.7. The largest absolute Gasteiger partial charge is 0.346 e. The van der Waals surface area contributed by atoms with Gasteiger partial charge in [0.2, 0.25) is 5.95 Å². The molecule has 0 atom stereocenters. The third-order valence-corrected chi connectivity index (χ3v) is 4.02. The van der Waals surface area contributed by atoms with Gasteiger partial charge in [0.15, 0.2) is 0 Å². The Kier molecular flexibility index (Phi) is 4.71. The van der Waals surface area contributed by atoms with E-state index in [1.54, 1.807) is 12.3 Å². The first kappa shape index (κ1) is 15.7. The summed E-state index contributed by atoms with van der Waals surface area (Å²) in [4.78, 5) is 22.9. The number of hydrogen-bond acceptors (Lipinski definition) is 4. The molecule has 0 unspecified atom stereocenters. The number of amides is 1. The van der Waals surface area contributed by atoms with Gasteiger partial charge >= 0.3 is 0 Å². The zero-order valence-electron chi connectivity index (χ0n) is 12.4. The first-order valence-corrected chi connectivity index (χ1v) is 7.82. The van der Waals surface area contributed by atoms with Crippen molar-refractivity contribution in [2.75, 3.05) is 18.0 Å². The number of nitrogens with zero attached hydrogens (tertiary/aromatic N) is 3. The molecule has 23 heavy (non-hydrogen) atoms. The lowest BCUT2D eigenvalue weighted by Crippen LogP contribution is -2.26. The number of rotatable bonds is 4. The second kappa shape index (κ2) is 6.91. The van der Waals surface area contributed by atoms with Gasteiger partial charge in [0.25, 0.3) is 5.91 Å². The minimum absolute atomic E-state index is 0.0861. The van der Waals surface area contributed by atoms with Gasteiger partial charge in [0, 0.05) is 19.3 Å². The van der Waals surface area contributed by atoms with E-state index >= 15 is 0 Å². The fourth-order valence-electron chi connectivity index (χ4n) is 2.53. The number of anilines is 1. The molecule has 1 fully saturated rings. The van der Waals surface area contributed by atoms with Crippen LogP contribution in [0.5, 0.6) is 0 Å². The summed E-state index contributed by atoms with van der Waals surface area (Å²) in [6.45, 7) is 2.08. The van der Waals surface area contributed by atoms with Crippen molar-refractivity contribution in [1.82, 2.24) is 15.3 Å². The number of carbonyl (C=O) groups excluding carboxylic acids is 1. The van der Waals surface area contributed by atoms with E-state index in [9.17, 15) is 9.18 Å². The van der Waals surface area contributed by atoms with E-state index in [0.29, 0.717) is 11.6 Å². The van der Waals surface area contributed by atoms with Crippen LogP contribution in [0.3, 0.4) is 0 Å². The highest BCUT2D eigenvalue weighted by Gasteiger charge is 2.17. The van der Waals surface area contributed by atoms with Crippen molar-refractivity contribution in [3.63, 3.8) is 0 Å². The molecule has 1 amide bonds. The Balaban J connectivity index is 1.68. The summed E-state index contributed by atoms with van der Waals surface area (Å²) in [5.74, 6) is -0.539. The van der Waals surface area contributed by atoms with Crippen LogP contribution in [0, 0.1) is 5.82 Å². The summed E-state index contributed by atoms with van der Waals surface area (Å²) in [5, 5.41) is 2.73. The Morgan fingerprint density at radius 2 is 2.09 bits per heavy atom. The van der Waals surface area contributed by atoms with Crippen molar-refractivity contribution in [3.8, 4) is 0 Å². The van der Waals surface area contributed by atoms with E-state index in [4.69, 9.17) is 11.6 Å². The van der Waals surface area contributed by atoms with Crippen LogP contribution in [0.25, 0.3) is 0 Å². The quantitative estimate of drug-likeness (QED) is 0.934. The highest BCUT2D eigenvalue weighted by atomic mass is 35.5. The van der Waals surface area contributed by atoms with Crippen molar-refractivity contribution in [2.24, 2.45) is 0 Å². The molecule has 3 rings (SSSR count). The third-order valence-electron chi connectivity index (χ3n) is 3.71. The van der Waals surface area contributed by atoms with Gasteiger partial charge in [-0.15, -0.1) is 0 Å². The Labute approximate surface area is 138 Å². The number of aromatic nitrogens is 2. The molecule has 0 bridgehead atoms. The number of carbonyl (C=O) groups is 1. The molecule has 1 aromatic heterocycles. The maximum atomic E-state index is 13.7. The average molecular weight is 335 g/mol. The van der Waals surface area contributed by atoms with Crippen molar-refractivity contribution in [3.05, 3.63) is 52.6 Å². The summed E-state index contributed by atoms with van der Waals surface area (Å²) >= 11 is 5.88. The Morgan fingerprint density at radius 1 is 1.30 bits per heavy atom. The predicted octanol–water partition coefficient (Wildman–Crippen LogP) is 2.80. The van der Waals surface area contributed by atoms with Gasteiger partial charge in [-0.25, -0.2) is 14.4 Å². The molecule has 2 aromatic rings. The molecular weight excluding hydrogens is 319 g/mol. The van der Waals surface area contributed by atoms with Crippen LogP contribution in [-0.2, 0) is 6.54 Å². The van der Waals surface area contributed by atoms with Crippen LogP contribution >= 0.6 is 11.6 Å². The van der Waals surface area contributed by atoms with Gasteiger partial charge in [-0.05, 0) is 31.0 Å². The zero-order chi connectivity index (χ0) is 16.2. The topological polar surface area (TPSA) is 58.1 Å². The Morgan fingerprint density at radius 3 is 2.83 bits per heavy atom. The van der Waals surface area contributed by atoms with Crippen molar-refractivity contribution in [2.45, 2.75) is 19.4 Å². The second-order valence-electron chi connectivity index (χ2n) is 5.32. The lowest BCUT2D eigenvalue weighted by molar-refractivity contribution is 0.0946. The summed E-state index contributed by atoms with van der Waals surface area (Å²) in [5.41, 5.74) is 0.519. The van der Waals surface area contributed by atoms with Gasteiger partial charge in [-0.3, -0.25) is 4.79 Å². The average Bonchev–Trinajstić information content (AvgIpc) is 3.07. The number of halogens is 2. The first-order chi connectivity index (χ1) is 11.1. The highest BCUT2D eigenvalue weighted by molar-refractivity contribution is 6.33. The Bertz CT molecular complexity index is 699. The van der Waals surface area contributed by atoms with E-state index in [-0.39, 0.29) is 17.1 Å². The van der Waals surface area contributed by atoms with Gasteiger partial charge in [0.05, 0.1) is 22.8 Å². The SMILES string of the molecule is O=C(NCc1ccnc(N2CCCC2)n1)c1c(F)cccc1Cl. The lowest BCUT2D eigenvalue weighted by Gasteiger charge is -2.15. The summed E-state index contributed by atoms with van der Waals surface area (Å²) in [6.07, 6.45) is 3.93. The predicted molar refractivity (Wildman–Crippen MR) is 86.1 cm³/mol. The molecule has 0 spiro atoms. The van der Waals surface area contributed by atoms with E-state index < -0.39 is 11.7 Å². The molecule has 1 aromatic carbocycles. The first-order valence-electron chi connectivity index (χ1n) is 7.44. The smallest absolute Gasteiger partial charge is 0.256 e. The maximum absolute atomic E-state index is 13.7. The van der Waals surface area contributed by atoms with Gasteiger partial charge in [-0.1, -0.05) is 17.7 Å². The zero-order valence-corrected chi connectivity index (χ0v) is 13.2. The van der Waals surface area contributed by atoms with Gasteiger partial charge in [-0.2, -0.15) is 0 Å². The fraction of sp³-hybridized carbons (Fsp3) is 0.312. The third kappa shape index (κ3) is 3.59. The van der Waals surface area contributed by atoms with Crippen LogP contribution in [0.15, 0.2) is 30.5 Å². The molecule has 7 heteroatoms. The number of hydrogen-bond donors (Lipinski definition) is 1. The fourth-order valence-corrected chi connectivity index (χ4v) is 2.78. The molecule has 5 nitrogen and oxygen atoms in total. The molecule has 1 N–H and O–H groups in total. The molecular formula is C16H16ClFN4O. The summed E-state index contributed by atoms with van der Waals surface area (Å²) in [7, 11) is 0. The molecule has 0 radical (unpaired) electrons. The molecule has 0 aliphatic carbocycles. The minimum Gasteiger partial charge on any atom is -0.346 e. The number of nitrogens with one attached hydrogen (secondary N) is 1. The second-order valence-corrected chi connectivity index (χ2v) is 5.73. The van der Waals surface area contributed by atoms with Crippen molar-refractivity contribution < 1.29 is 9.18 Å². The molecule has 0 saturated carbocycles. The molecule has 1 aliphatic heterocycles. The van der Waals surface area contributed by atoms with Crippen molar-refractivity contribution in [1.29, 1.82) is 0 Å². The van der Waals surface area contributed by atoms with Crippen LogP contribution in [0.1, 0.15) is 28.9 Å². The van der Waals surface area contributed by atoms with Crippen LogP contribution < -0.4 is 10.2 Å². The van der Waals surface area contributed by atoms with Crippen LogP contribution in [0.2, 0.25) is 5.02 Å². The van der Waals surface area contributed by atoms with E-state index in [0.717, 1.165) is 25.9 Å². The molecule has 2 heterocycles. The van der Waals surface area contributed by atoms with E-state index in [2.05, 4.69) is 20.2 Å². The Hall–Kier alpha value is -2.21. The van der Waals surface area contributed by atoms with Gasteiger partial charge in [0.1, 0.15) is 5.82 Å². The standard InChI is InChI=1S/C16H16ClFN4O/c17-12-4-3-5-13(18)14(12)15(23)20-10-11-6-7-19-16(21-11)22-8-1-2-9-22/h3-7H,1-2,8-10H2,(H,20,23). The highest BCUT2D eigenvalue weighted by Crippen LogP contribution is 2.19. The minimum atomic E-state index is -0.643. The van der Waals surface area contributed by atoms with Crippen LogP contribution in [0.4, 0.5) is 10.3 Å². The summed E-state index contributed by atoms with van der Waals surface area (Å²) in [6, 6.07) is 5.87. The molecule has 1 aliphatic rings. The lowest BCUT2D eigenvalue weighted by atomic mass is 10.2. The normalized spacial score (nSPS) is 14.1. The molecule has 120 valence electrons. The number of benzene rings is 1.